The van der Waals surface area contributed by atoms with Crippen molar-refractivity contribution in [2.24, 2.45) is 0 Å². The minimum absolute atomic E-state index is 0.476. The summed E-state index contributed by atoms with van der Waals surface area (Å²) < 4.78 is 0. The van der Waals surface area contributed by atoms with E-state index in [9.17, 15) is 0 Å². The maximum atomic E-state index is 4.51. The second-order valence-corrected chi connectivity index (χ2v) is 3.46. The molecule has 0 fully saturated rings. The smallest absolute Gasteiger partial charge is 0.0888 e. The van der Waals surface area contributed by atoms with E-state index < -0.39 is 0 Å². The number of rotatable bonds is 1. The topological polar surface area (TPSA) is 25.8 Å². The number of hydrogen-bond donors (Lipinski definition) is 0. The van der Waals surface area contributed by atoms with E-state index in [1.54, 1.807) is 12.4 Å². The fraction of sp³-hybridized carbons (Fsp3) is 0.385. The van der Waals surface area contributed by atoms with Crippen molar-refractivity contribution < 1.29 is 0 Å². The second-order valence-electron chi connectivity index (χ2n) is 3.46. The lowest BCUT2D eigenvalue weighted by molar-refractivity contribution is 0.829. The van der Waals surface area contributed by atoms with Gasteiger partial charge in [0.2, 0.25) is 0 Å². The minimum atomic E-state index is 0.476. The van der Waals surface area contributed by atoms with Crippen molar-refractivity contribution in [1.82, 2.24) is 9.97 Å². The lowest BCUT2D eigenvalue weighted by atomic mass is 10.1. The summed E-state index contributed by atoms with van der Waals surface area (Å²) in [5.74, 6) is 0.476. The molecule has 0 aliphatic rings. The standard InChI is InChI=1S/C11H12N2.C2H6/c1-8(2)10-4-3-9-5-6-12-7-11(9)13-10;1-2/h3-8H,1-2H3;1-2H3. The largest absolute Gasteiger partial charge is 0.262 e. The van der Waals surface area contributed by atoms with Crippen LogP contribution in [-0.2, 0) is 0 Å². The summed E-state index contributed by atoms with van der Waals surface area (Å²) in [5, 5.41) is 1.15. The Morgan fingerprint density at radius 1 is 1.07 bits per heavy atom. The molecule has 0 aromatic carbocycles. The monoisotopic (exact) mass is 202 g/mol. The van der Waals surface area contributed by atoms with E-state index in [-0.39, 0.29) is 0 Å². The highest BCUT2D eigenvalue weighted by atomic mass is 14.7. The van der Waals surface area contributed by atoms with Gasteiger partial charge in [-0.25, -0.2) is 0 Å². The fourth-order valence-electron chi connectivity index (χ4n) is 1.30. The van der Waals surface area contributed by atoms with Crippen molar-refractivity contribution in [1.29, 1.82) is 0 Å². The molecule has 0 unspecified atom stereocenters. The molecule has 80 valence electrons. The lowest BCUT2D eigenvalue weighted by Crippen LogP contribution is -1.92. The quantitative estimate of drug-likeness (QED) is 0.703. The molecule has 2 nitrogen and oxygen atoms in total. The van der Waals surface area contributed by atoms with Crippen molar-refractivity contribution in [2.75, 3.05) is 0 Å². The fourth-order valence-corrected chi connectivity index (χ4v) is 1.30. The molecule has 0 atom stereocenters. The van der Waals surface area contributed by atoms with Crippen LogP contribution in [0, 0.1) is 0 Å². The van der Waals surface area contributed by atoms with Gasteiger partial charge in [-0.15, -0.1) is 0 Å². The molecule has 2 rings (SSSR count). The molecule has 0 spiro atoms. The third kappa shape index (κ3) is 2.75. The van der Waals surface area contributed by atoms with E-state index in [1.165, 1.54) is 0 Å². The van der Waals surface area contributed by atoms with Gasteiger partial charge in [0.05, 0.1) is 11.7 Å². The predicted molar refractivity (Wildman–Crippen MR) is 65.0 cm³/mol. The highest BCUT2D eigenvalue weighted by molar-refractivity contribution is 5.77. The average molecular weight is 202 g/mol. The number of nitrogens with zero attached hydrogens (tertiary/aromatic N) is 2. The van der Waals surface area contributed by atoms with Gasteiger partial charge in [-0.1, -0.05) is 33.8 Å². The molecule has 0 radical (unpaired) electrons. The molecule has 2 heterocycles. The summed E-state index contributed by atoms with van der Waals surface area (Å²) in [7, 11) is 0. The third-order valence-corrected chi connectivity index (χ3v) is 2.11. The number of aromatic nitrogens is 2. The van der Waals surface area contributed by atoms with Crippen LogP contribution in [0.2, 0.25) is 0 Å². The Morgan fingerprint density at radius 3 is 2.47 bits per heavy atom. The Morgan fingerprint density at radius 2 is 1.80 bits per heavy atom. The Labute approximate surface area is 91.4 Å². The number of hydrogen-bond acceptors (Lipinski definition) is 2. The SMILES string of the molecule is CC.CC(C)c1ccc2ccncc2n1. The molecule has 0 saturated carbocycles. The maximum absolute atomic E-state index is 4.51. The van der Waals surface area contributed by atoms with Gasteiger partial charge in [-0.2, -0.15) is 0 Å². The van der Waals surface area contributed by atoms with Crippen LogP contribution in [0.25, 0.3) is 10.9 Å². The van der Waals surface area contributed by atoms with Crippen LogP contribution >= 0.6 is 0 Å². The van der Waals surface area contributed by atoms with Gasteiger partial charge in [0.25, 0.3) is 0 Å². The number of pyridine rings is 2. The molecule has 0 aliphatic heterocycles. The molecule has 0 N–H and O–H groups in total. The zero-order valence-electron chi connectivity index (χ0n) is 9.86. The third-order valence-electron chi connectivity index (χ3n) is 2.11. The molecule has 0 amide bonds. The summed E-state index contributed by atoms with van der Waals surface area (Å²) in [6.07, 6.45) is 3.60. The van der Waals surface area contributed by atoms with E-state index in [4.69, 9.17) is 0 Å². The highest BCUT2D eigenvalue weighted by Crippen LogP contribution is 2.16. The minimum Gasteiger partial charge on any atom is -0.262 e. The summed E-state index contributed by atoms with van der Waals surface area (Å²) in [6.45, 7) is 8.29. The van der Waals surface area contributed by atoms with Crippen LogP contribution in [0.5, 0.6) is 0 Å². The predicted octanol–water partition coefficient (Wildman–Crippen LogP) is 3.78. The van der Waals surface area contributed by atoms with E-state index >= 15 is 0 Å². The lowest BCUT2D eigenvalue weighted by Gasteiger charge is -2.04. The van der Waals surface area contributed by atoms with Crippen LogP contribution in [0.3, 0.4) is 0 Å². The Balaban J connectivity index is 0.000000531. The van der Waals surface area contributed by atoms with Crippen LogP contribution in [0.4, 0.5) is 0 Å². The van der Waals surface area contributed by atoms with Crippen molar-refractivity contribution in [3.63, 3.8) is 0 Å². The Kier molecular flexibility index (Phi) is 4.22. The molecule has 15 heavy (non-hydrogen) atoms. The van der Waals surface area contributed by atoms with E-state index in [0.29, 0.717) is 5.92 Å². The van der Waals surface area contributed by atoms with Crippen molar-refractivity contribution in [2.45, 2.75) is 33.6 Å². The van der Waals surface area contributed by atoms with Gasteiger partial charge < -0.3 is 0 Å². The van der Waals surface area contributed by atoms with Crippen molar-refractivity contribution in [3.8, 4) is 0 Å². The highest BCUT2D eigenvalue weighted by Gasteiger charge is 2.01. The van der Waals surface area contributed by atoms with Crippen molar-refractivity contribution >= 4 is 10.9 Å². The molecule has 0 saturated heterocycles. The van der Waals surface area contributed by atoms with Gasteiger partial charge in [-0.05, 0) is 18.1 Å². The molecule has 2 aromatic rings. The first-order chi connectivity index (χ1) is 7.27. The Hall–Kier alpha value is -1.44. The normalized spacial score (nSPS) is 9.93. The van der Waals surface area contributed by atoms with E-state index in [1.807, 2.05) is 19.9 Å². The Bertz CT molecular complexity index is 422. The summed E-state index contributed by atoms with van der Waals surface area (Å²) >= 11 is 0. The molecule has 0 bridgehead atoms. The molecule has 0 aliphatic carbocycles. The van der Waals surface area contributed by atoms with Crippen LogP contribution in [0.1, 0.15) is 39.3 Å². The number of fused-ring (bicyclic) bond motifs is 1. The van der Waals surface area contributed by atoms with Gasteiger partial charge >= 0.3 is 0 Å². The molecule has 2 aromatic heterocycles. The molecular formula is C13H18N2. The van der Waals surface area contributed by atoms with Crippen molar-refractivity contribution in [3.05, 3.63) is 36.3 Å². The average Bonchev–Trinajstić information content (AvgIpc) is 2.31. The van der Waals surface area contributed by atoms with Gasteiger partial charge in [0, 0.05) is 17.3 Å². The van der Waals surface area contributed by atoms with Crippen LogP contribution < -0.4 is 0 Å². The summed E-state index contributed by atoms with van der Waals surface area (Å²) in [5.41, 5.74) is 2.11. The zero-order valence-corrected chi connectivity index (χ0v) is 9.86. The van der Waals surface area contributed by atoms with Crippen LogP contribution in [-0.4, -0.2) is 9.97 Å². The van der Waals surface area contributed by atoms with Gasteiger partial charge in [0.1, 0.15) is 0 Å². The van der Waals surface area contributed by atoms with E-state index in [2.05, 4.69) is 35.9 Å². The van der Waals surface area contributed by atoms with Crippen LogP contribution in [0.15, 0.2) is 30.6 Å². The summed E-state index contributed by atoms with van der Waals surface area (Å²) in [4.78, 5) is 8.56. The van der Waals surface area contributed by atoms with Gasteiger partial charge in [-0.3, -0.25) is 9.97 Å². The second kappa shape index (κ2) is 5.44. The van der Waals surface area contributed by atoms with Gasteiger partial charge in [0.15, 0.2) is 0 Å². The first-order valence-electron chi connectivity index (χ1n) is 5.48. The zero-order chi connectivity index (χ0) is 11.3. The summed E-state index contributed by atoms with van der Waals surface area (Å²) in [6, 6.07) is 6.15. The molecule has 2 heteroatoms. The van der Waals surface area contributed by atoms with E-state index in [0.717, 1.165) is 16.6 Å². The first kappa shape index (κ1) is 11.6. The first-order valence-corrected chi connectivity index (χ1v) is 5.48. The molecular weight excluding hydrogens is 184 g/mol. The maximum Gasteiger partial charge on any atom is 0.0888 e.